The van der Waals surface area contributed by atoms with Gasteiger partial charge < -0.3 is 5.32 Å². The Labute approximate surface area is 130 Å². The normalized spacial score (nSPS) is 12.1. The SMILES string of the molecule is CCc1cc(C(=O)NCC(Cl)c2ccccc2)n(CC)n1. The lowest BCUT2D eigenvalue weighted by Gasteiger charge is -2.11. The highest BCUT2D eigenvalue weighted by Crippen LogP contribution is 2.18. The average Bonchev–Trinajstić information content (AvgIpc) is 2.96. The van der Waals surface area contributed by atoms with Crippen LogP contribution in [0.3, 0.4) is 0 Å². The minimum Gasteiger partial charge on any atom is -0.349 e. The van der Waals surface area contributed by atoms with Crippen LogP contribution < -0.4 is 5.32 Å². The second kappa shape index (κ2) is 7.27. The van der Waals surface area contributed by atoms with E-state index in [2.05, 4.69) is 10.4 Å². The number of amides is 1. The standard InChI is InChI=1S/C16H20ClN3O/c1-3-13-10-15(20(4-2)19-13)16(21)18-11-14(17)12-8-6-5-7-9-12/h5-10,14H,3-4,11H2,1-2H3,(H,18,21). The van der Waals surface area contributed by atoms with E-state index in [1.54, 1.807) is 4.68 Å². The van der Waals surface area contributed by atoms with Crippen molar-refractivity contribution < 1.29 is 4.79 Å². The van der Waals surface area contributed by atoms with Crippen molar-refractivity contribution in [3.63, 3.8) is 0 Å². The van der Waals surface area contributed by atoms with E-state index in [9.17, 15) is 4.79 Å². The Balaban J connectivity index is 2.00. The molecule has 112 valence electrons. The molecule has 1 unspecified atom stereocenters. The second-order valence-electron chi connectivity index (χ2n) is 4.78. The van der Waals surface area contributed by atoms with E-state index in [1.165, 1.54) is 0 Å². The van der Waals surface area contributed by atoms with Crippen LogP contribution in [0.5, 0.6) is 0 Å². The number of halogens is 1. The summed E-state index contributed by atoms with van der Waals surface area (Å²) in [5.74, 6) is -0.134. The number of hydrogen-bond donors (Lipinski definition) is 1. The third-order valence-corrected chi connectivity index (χ3v) is 3.73. The molecule has 0 saturated heterocycles. The first-order valence-corrected chi connectivity index (χ1v) is 7.63. The molecule has 5 heteroatoms. The monoisotopic (exact) mass is 305 g/mol. The molecule has 0 saturated carbocycles. The maximum atomic E-state index is 12.3. The van der Waals surface area contributed by atoms with Crippen LogP contribution in [0, 0.1) is 0 Å². The number of nitrogens with zero attached hydrogens (tertiary/aromatic N) is 2. The Morgan fingerprint density at radius 1 is 1.33 bits per heavy atom. The highest BCUT2D eigenvalue weighted by Gasteiger charge is 2.15. The zero-order chi connectivity index (χ0) is 15.2. The van der Waals surface area contributed by atoms with E-state index in [4.69, 9.17) is 11.6 Å². The molecule has 1 aromatic carbocycles. The molecule has 1 N–H and O–H groups in total. The van der Waals surface area contributed by atoms with Crippen molar-refractivity contribution >= 4 is 17.5 Å². The first-order chi connectivity index (χ1) is 10.2. The molecular formula is C16H20ClN3O. The number of benzene rings is 1. The quantitative estimate of drug-likeness (QED) is 0.833. The Morgan fingerprint density at radius 3 is 2.67 bits per heavy atom. The number of aromatic nitrogens is 2. The number of nitrogens with one attached hydrogen (secondary N) is 1. The van der Waals surface area contributed by atoms with Gasteiger partial charge in [-0.05, 0) is 25.0 Å². The molecule has 1 heterocycles. The minimum absolute atomic E-state index is 0.134. The summed E-state index contributed by atoms with van der Waals surface area (Å²) in [6.07, 6.45) is 0.815. The van der Waals surface area contributed by atoms with Crippen LogP contribution in [0.2, 0.25) is 0 Å². The van der Waals surface area contributed by atoms with Gasteiger partial charge in [0.2, 0.25) is 0 Å². The van der Waals surface area contributed by atoms with E-state index < -0.39 is 0 Å². The summed E-state index contributed by atoms with van der Waals surface area (Å²) >= 11 is 6.31. The van der Waals surface area contributed by atoms with Crippen LogP contribution >= 0.6 is 11.6 Å². The van der Waals surface area contributed by atoms with Gasteiger partial charge in [-0.1, -0.05) is 37.3 Å². The number of carbonyl (C=O) groups is 1. The smallest absolute Gasteiger partial charge is 0.269 e. The van der Waals surface area contributed by atoms with Crippen molar-refractivity contribution in [2.24, 2.45) is 0 Å². The molecule has 1 atom stereocenters. The lowest BCUT2D eigenvalue weighted by molar-refractivity contribution is 0.0943. The Hall–Kier alpha value is -1.81. The summed E-state index contributed by atoms with van der Waals surface area (Å²) < 4.78 is 1.72. The predicted molar refractivity (Wildman–Crippen MR) is 84.6 cm³/mol. The number of hydrogen-bond acceptors (Lipinski definition) is 2. The molecule has 1 aromatic heterocycles. The van der Waals surface area contributed by atoms with Gasteiger partial charge in [0.1, 0.15) is 5.69 Å². The maximum Gasteiger partial charge on any atom is 0.269 e. The zero-order valence-electron chi connectivity index (χ0n) is 12.3. The summed E-state index contributed by atoms with van der Waals surface area (Å²) in [4.78, 5) is 12.3. The number of carbonyl (C=O) groups excluding carboxylic acids is 1. The highest BCUT2D eigenvalue weighted by atomic mass is 35.5. The van der Waals surface area contributed by atoms with Crippen LogP contribution in [-0.2, 0) is 13.0 Å². The number of rotatable bonds is 6. The van der Waals surface area contributed by atoms with E-state index in [-0.39, 0.29) is 11.3 Å². The fourth-order valence-corrected chi connectivity index (χ4v) is 2.34. The zero-order valence-corrected chi connectivity index (χ0v) is 13.1. The van der Waals surface area contributed by atoms with Gasteiger partial charge in [0.15, 0.2) is 0 Å². The Bertz CT molecular complexity index is 595. The van der Waals surface area contributed by atoms with Crippen LogP contribution in [0.4, 0.5) is 0 Å². The summed E-state index contributed by atoms with van der Waals surface area (Å²) in [6, 6.07) is 11.6. The molecule has 0 aliphatic carbocycles. The minimum atomic E-state index is -0.237. The van der Waals surface area contributed by atoms with E-state index >= 15 is 0 Å². The van der Waals surface area contributed by atoms with Gasteiger partial charge >= 0.3 is 0 Å². The summed E-state index contributed by atoms with van der Waals surface area (Å²) in [5.41, 5.74) is 2.51. The van der Waals surface area contributed by atoms with Gasteiger partial charge in [-0.15, -0.1) is 11.6 Å². The number of alkyl halides is 1. The van der Waals surface area contributed by atoms with Crippen molar-refractivity contribution in [2.75, 3.05) is 6.54 Å². The molecule has 2 rings (SSSR count). The average molecular weight is 306 g/mol. The van der Waals surface area contributed by atoms with Crippen molar-refractivity contribution in [3.8, 4) is 0 Å². The summed E-state index contributed by atoms with van der Waals surface area (Å²) in [5, 5.41) is 7.02. The molecule has 0 aliphatic heterocycles. The fraction of sp³-hybridized carbons (Fsp3) is 0.375. The van der Waals surface area contributed by atoms with E-state index in [0.29, 0.717) is 18.8 Å². The molecule has 1 amide bonds. The molecule has 0 spiro atoms. The third-order valence-electron chi connectivity index (χ3n) is 3.33. The predicted octanol–water partition coefficient (Wildman–Crippen LogP) is 3.18. The van der Waals surface area contributed by atoms with Gasteiger partial charge in [0.05, 0.1) is 11.1 Å². The third kappa shape index (κ3) is 3.85. The van der Waals surface area contributed by atoms with Gasteiger partial charge in [0, 0.05) is 13.1 Å². The molecular weight excluding hydrogens is 286 g/mol. The summed E-state index contributed by atoms with van der Waals surface area (Å²) in [7, 11) is 0. The van der Waals surface area contributed by atoms with Crippen molar-refractivity contribution in [1.82, 2.24) is 15.1 Å². The molecule has 0 radical (unpaired) electrons. The maximum absolute atomic E-state index is 12.3. The molecule has 2 aromatic rings. The Kier molecular flexibility index (Phi) is 5.39. The Morgan fingerprint density at radius 2 is 2.05 bits per heavy atom. The first-order valence-electron chi connectivity index (χ1n) is 7.19. The lowest BCUT2D eigenvalue weighted by atomic mass is 10.1. The fourth-order valence-electron chi connectivity index (χ4n) is 2.12. The van der Waals surface area contributed by atoms with Crippen LogP contribution in [0.25, 0.3) is 0 Å². The molecule has 21 heavy (non-hydrogen) atoms. The lowest BCUT2D eigenvalue weighted by Crippen LogP contribution is -2.29. The summed E-state index contributed by atoms with van der Waals surface area (Å²) in [6.45, 7) is 5.05. The molecule has 4 nitrogen and oxygen atoms in total. The van der Waals surface area contributed by atoms with Crippen molar-refractivity contribution in [3.05, 3.63) is 53.3 Å². The topological polar surface area (TPSA) is 46.9 Å². The van der Waals surface area contributed by atoms with E-state index in [1.807, 2.05) is 50.2 Å². The molecule has 0 fully saturated rings. The van der Waals surface area contributed by atoms with Crippen molar-refractivity contribution in [2.45, 2.75) is 32.2 Å². The first kappa shape index (κ1) is 15.6. The van der Waals surface area contributed by atoms with Crippen molar-refractivity contribution in [1.29, 1.82) is 0 Å². The van der Waals surface area contributed by atoms with Gasteiger partial charge in [-0.25, -0.2) is 0 Å². The van der Waals surface area contributed by atoms with E-state index in [0.717, 1.165) is 17.7 Å². The molecule has 0 aliphatic rings. The van der Waals surface area contributed by atoms with Gasteiger partial charge in [0.25, 0.3) is 5.91 Å². The van der Waals surface area contributed by atoms with Crippen LogP contribution in [-0.4, -0.2) is 22.2 Å². The largest absolute Gasteiger partial charge is 0.349 e. The second-order valence-corrected chi connectivity index (χ2v) is 5.31. The van der Waals surface area contributed by atoms with Gasteiger partial charge in [-0.2, -0.15) is 5.10 Å². The number of aryl methyl sites for hydroxylation is 2. The van der Waals surface area contributed by atoms with Crippen LogP contribution in [0.15, 0.2) is 36.4 Å². The highest BCUT2D eigenvalue weighted by molar-refractivity contribution is 6.21. The van der Waals surface area contributed by atoms with Gasteiger partial charge in [-0.3, -0.25) is 9.48 Å². The molecule has 0 bridgehead atoms. The van der Waals surface area contributed by atoms with Crippen LogP contribution in [0.1, 0.15) is 41.0 Å².